The van der Waals surface area contributed by atoms with Gasteiger partial charge in [-0.1, -0.05) is 24.4 Å². The molecule has 0 unspecified atom stereocenters. The Bertz CT molecular complexity index is 458. The van der Waals surface area contributed by atoms with E-state index in [1.54, 1.807) is 6.07 Å². The summed E-state index contributed by atoms with van der Waals surface area (Å²) in [5.74, 6) is 0.0147. The number of carbonyl (C=O) groups is 1. The van der Waals surface area contributed by atoms with Gasteiger partial charge in [-0.2, -0.15) is 0 Å². The van der Waals surface area contributed by atoms with Crippen molar-refractivity contribution in [3.63, 3.8) is 0 Å². The van der Waals surface area contributed by atoms with E-state index in [1.807, 2.05) is 12.1 Å². The Balaban J connectivity index is 2.13. The van der Waals surface area contributed by atoms with Gasteiger partial charge in [0, 0.05) is 16.7 Å². The van der Waals surface area contributed by atoms with Crippen molar-refractivity contribution in [3.8, 4) is 0 Å². The van der Waals surface area contributed by atoms with Crippen LogP contribution in [0.4, 0.5) is 5.69 Å². The molecule has 1 aromatic carbocycles. The highest BCUT2D eigenvalue weighted by molar-refractivity contribution is 9.10. The predicted molar refractivity (Wildman–Crippen MR) is 77.7 cm³/mol. The molecular weight excluding hydrogens is 316 g/mol. The maximum absolute atomic E-state index is 12.3. The number of hydrogen-bond donors (Lipinski definition) is 2. The Hall–Kier alpha value is -0.580. The summed E-state index contributed by atoms with van der Waals surface area (Å²) in [5.41, 5.74) is 6.11. The summed E-state index contributed by atoms with van der Waals surface area (Å²) in [5, 5.41) is 3.50. The molecule has 1 aliphatic carbocycles. The van der Waals surface area contributed by atoms with Crippen molar-refractivity contribution in [2.45, 2.75) is 25.7 Å². The van der Waals surface area contributed by atoms with E-state index in [1.165, 1.54) is 0 Å². The second-order valence-corrected chi connectivity index (χ2v) is 6.04. The van der Waals surface area contributed by atoms with E-state index in [0.717, 1.165) is 30.2 Å². The Morgan fingerprint density at radius 3 is 2.67 bits per heavy atom. The molecule has 0 radical (unpaired) electrons. The Kier molecular flexibility index (Phi) is 4.30. The van der Waals surface area contributed by atoms with Crippen LogP contribution in [0.5, 0.6) is 0 Å². The van der Waals surface area contributed by atoms with Gasteiger partial charge >= 0.3 is 0 Å². The largest absolute Gasteiger partial charge is 0.329 e. The quantitative estimate of drug-likeness (QED) is 0.890. The van der Waals surface area contributed by atoms with Crippen molar-refractivity contribution in [1.29, 1.82) is 0 Å². The second kappa shape index (κ2) is 5.59. The van der Waals surface area contributed by atoms with Gasteiger partial charge in [0.2, 0.25) is 5.91 Å². The standard InChI is InChI=1S/C13H16BrClN2O/c14-10-4-3-9(7-11(10)15)17-12(18)13(8-16)5-1-2-6-13/h3-4,7H,1-2,5-6,8,16H2,(H,17,18). The minimum atomic E-state index is -0.389. The lowest BCUT2D eigenvalue weighted by atomic mass is 9.85. The first-order valence-electron chi connectivity index (χ1n) is 6.04. The van der Waals surface area contributed by atoms with Crippen LogP contribution < -0.4 is 11.1 Å². The maximum Gasteiger partial charge on any atom is 0.231 e. The highest BCUT2D eigenvalue weighted by atomic mass is 79.9. The van der Waals surface area contributed by atoms with Gasteiger partial charge in [-0.3, -0.25) is 4.79 Å². The van der Waals surface area contributed by atoms with E-state index < -0.39 is 0 Å². The fraction of sp³-hybridized carbons (Fsp3) is 0.462. The molecule has 18 heavy (non-hydrogen) atoms. The first-order valence-corrected chi connectivity index (χ1v) is 7.21. The van der Waals surface area contributed by atoms with E-state index in [0.29, 0.717) is 17.3 Å². The third kappa shape index (κ3) is 2.71. The van der Waals surface area contributed by atoms with E-state index in [-0.39, 0.29) is 11.3 Å². The van der Waals surface area contributed by atoms with Crippen molar-refractivity contribution >= 4 is 39.1 Å². The smallest absolute Gasteiger partial charge is 0.231 e. The van der Waals surface area contributed by atoms with Crippen molar-refractivity contribution in [2.75, 3.05) is 11.9 Å². The Morgan fingerprint density at radius 1 is 1.44 bits per heavy atom. The predicted octanol–water partition coefficient (Wildman–Crippen LogP) is 3.56. The van der Waals surface area contributed by atoms with Gasteiger partial charge in [0.05, 0.1) is 10.4 Å². The summed E-state index contributed by atoms with van der Waals surface area (Å²) in [6.07, 6.45) is 3.90. The average Bonchev–Trinajstić information content (AvgIpc) is 2.84. The molecule has 0 atom stereocenters. The van der Waals surface area contributed by atoms with Crippen molar-refractivity contribution in [3.05, 3.63) is 27.7 Å². The van der Waals surface area contributed by atoms with Crippen LogP contribution in [0.1, 0.15) is 25.7 Å². The van der Waals surface area contributed by atoms with Crippen LogP contribution in [0, 0.1) is 5.41 Å². The molecular formula is C13H16BrClN2O. The average molecular weight is 332 g/mol. The summed E-state index contributed by atoms with van der Waals surface area (Å²) >= 11 is 9.32. The van der Waals surface area contributed by atoms with Crippen LogP contribution >= 0.6 is 27.5 Å². The normalized spacial score (nSPS) is 17.7. The topological polar surface area (TPSA) is 55.1 Å². The molecule has 0 bridgehead atoms. The van der Waals surface area contributed by atoms with E-state index in [2.05, 4.69) is 21.2 Å². The molecule has 5 heteroatoms. The fourth-order valence-corrected chi connectivity index (χ4v) is 2.84. The lowest BCUT2D eigenvalue weighted by Crippen LogP contribution is -2.40. The molecule has 1 saturated carbocycles. The summed E-state index contributed by atoms with van der Waals surface area (Å²) in [6.45, 7) is 0.406. The first-order chi connectivity index (χ1) is 8.57. The van der Waals surface area contributed by atoms with E-state index >= 15 is 0 Å². The number of nitrogens with two attached hydrogens (primary N) is 1. The number of carbonyl (C=O) groups excluding carboxylic acids is 1. The van der Waals surface area contributed by atoms with Crippen molar-refractivity contribution in [1.82, 2.24) is 0 Å². The molecule has 0 saturated heterocycles. The number of anilines is 1. The van der Waals surface area contributed by atoms with Crippen molar-refractivity contribution < 1.29 is 4.79 Å². The van der Waals surface area contributed by atoms with Gasteiger partial charge in [0.15, 0.2) is 0 Å². The second-order valence-electron chi connectivity index (χ2n) is 4.77. The Morgan fingerprint density at radius 2 is 2.11 bits per heavy atom. The number of benzene rings is 1. The maximum atomic E-state index is 12.3. The molecule has 3 nitrogen and oxygen atoms in total. The molecule has 2 rings (SSSR count). The number of hydrogen-bond acceptors (Lipinski definition) is 2. The molecule has 0 aliphatic heterocycles. The number of rotatable bonds is 3. The number of nitrogens with one attached hydrogen (secondary N) is 1. The van der Waals surface area contributed by atoms with E-state index in [9.17, 15) is 4.79 Å². The summed E-state index contributed by atoms with van der Waals surface area (Å²) in [6, 6.07) is 5.39. The van der Waals surface area contributed by atoms with Gasteiger partial charge in [-0.25, -0.2) is 0 Å². The monoisotopic (exact) mass is 330 g/mol. The van der Waals surface area contributed by atoms with Crippen LogP contribution in [0.25, 0.3) is 0 Å². The summed E-state index contributed by atoms with van der Waals surface area (Å²) in [4.78, 5) is 12.3. The zero-order valence-electron chi connectivity index (χ0n) is 10.0. The highest BCUT2D eigenvalue weighted by Gasteiger charge is 2.39. The first kappa shape index (κ1) is 13.8. The third-order valence-electron chi connectivity index (χ3n) is 3.61. The minimum Gasteiger partial charge on any atom is -0.329 e. The summed E-state index contributed by atoms with van der Waals surface area (Å²) in [7, 11) is 0. The fourth-order valence-electron chi connectivity index (χ4n) is 2.41. The molecule has 98 valence electrons. The van der Waals surface area contributed by atoms with Crippen molar-refractivity contribution in [2.24, 2.45) is 11.1 Å². The van der Waals surface area contributed by atoms with Gasteiger partial charge in [0.25, 0.3) is 0 Å². The highest BCUT2D eigenvalue weighted by Crippen LogP contribution is 2.38. The number of halogens is 2. The van der Waals surface area contributed by atoms with Crippen LogP contribution in [-0.4, -0.2) is 12.5 Å². The van der Waals surface area contributed by atoms with Gasteiger partial charge in [-0.05, 0) is 47.0 Å². The van der Waals surface area contributed by atoms with Crippen LogP contribution in [-0.2, 0) is 4.79 Å². The SMILES string of the molecule is NCC1(C(=O)Nc2ccc(Br)c(Cl)c2)CCCC1. The molecule has 1 aromatic rings. The van der Waals surface area contributed by atoms with Crippen LogP contribution in [0.3, 0.4) is 0 Å². The molecule has 0 aromatic heterocycles. The minimum absolute atomic E-state index is 0.0147. The van der Waals surface area contributed by atoms with E-state index in [4.69, 9.17) is 17.3 Å². The van der Waals surface area contributed by atoms with Crippen LogP contribution in [0.2, 0.25) is 5.02 Å². The molecule has 0 heterocycles. The zero-order chi connectivity index (χ0) is 13.2. The zero-order valence-corrected chi connectivity index (χ0v) is 12.4. The molecule has 1 fully saturated rings. The number of amides is 1. The molecule has 1 aliphatic rings. The molecule has 0 spiro atoms. The van der Waals surface area contributed by atoms with Gasteiger partial charge < -0.3 is 11.1 Å². The van der Waals surface area contributed by atoms with Crippen LogP contribution in [0.15, 0.2) is 22.7 Å². The van der Waals surface area contributed by atoms with Gasteiger partial charge in [0.1, 0.15) is 0 Å². The molecule has 3 N–H and O–H groups in total. The molecule has 1 amide bonds. The summed E-state index contributed by atoms with van der Waals surface area (Å²) < 4.78 is 0.816. The third-order valence-corrected chi connectivity index (χ3v) is 4.84. The lowest BCUT2D eigenvalue weighted by molar-refractivity contribution is -0.124. The lowest BCUT2D eigenvalue weighted by Gasteiger charge is -2.25. The Labute approximate surface area is 120 Å². The van der Waals surface area contributed by atoms with Gasteiger partial charge in [-0.15, -0.1) is 0 Å².